The van der Waals surface area contributed by atoms with Crippen molar-refractivity contribution in [2.75, 3.05) is 12.4 Å². The summed E-state index contributed by atoms with van der Waals surface area (Å²) in [6.45, 7) is 3.24. The minimum Gasteiger partial charge on any atom is -0.494 e. The van der Waals surface area contributed by atoms with E-state index < -0.39 is 5.97 Å². The van der Waals surface area contributed by atoms with E-state index in [-0.39, 0.29) is 11.6 Å². The Bertz CT molecular complexity index is 710. The van der Waals surface area contributed by atoms with Crippen molar-refractivity contribution >= 4 is 28.5 Å². The van der Waals surface area contributed by atoms with Gasteiger partial charge in [-0.25, -0.2) is 9.78 Å². The lowest BCUT2D eigenvalue weighted by Crippen LogP contribution is -2.09. The number of carbonyl (C=O) groups excluding carboxylic acids is 1. The third kappa shape index (κ3) is 2.54. The molecule has 0 unspecified atom stereocenters. The number of carboxylic acid groups (broad SMARTS) is 1. The molecule has 0 aliphatic carbocycles. The molecule has 0 aliphatic rings. The van der Waals surface area contributed by atoms with Gasteiger partial charge in [0, 0.05) is 12.3 Å². The summed E-state index contributed by atoms with van der Waals surface area (Å²) in [6.07, 6.45) is 0. The number of hydrogen-bond donors (Lipinski definition) is 2. The fourth-order valence-electron chi connectivity index (χ4n) is 1.99. The lowest BCUT2D eigenvalue weighted by Gasteiger charge is -2.12. The quantitative estimate of drug-likeness (QED) is 0.895. The first-order chi connectivity index (χ1) is 9.42. The molecular weight excluding hydrogens is 260 g/mol. The number of anilines is 1. The van der Waals surface area contributed by atoms with Crippen molar-refractivity contribution in [1.82, 2.24) is 4.98 Å². The van der Waals surface area contributed by atoms with Crippen LogP contribution in [0.3, 0.4) is 0 Å². The van der Waals surface area contributed by atoms with Crippen LogP contribution >= 0.6 is 0 Å². The van der Waals surface area contributed by atoms with Gasteiger partial charge in [0.15, 0.2) is 5.69 Å². The number of rotatable bonds is 3. The number of nitrogens with one attached hydrogen (secondary N) is 1. The Labute approximate surface area is 115 Å². The summed E-state index contributed by atoms with van der Waals surface area (Å²) in [5.74, 6) is -0.981. The fourth-order valence-corrected chi connectivity index (χ4v) is 1.99. The summed E-state index contributed by atoms with van der Waals surface area (Å²) in [5, 5.41) is 12.4. The standard InChI is InChI=1S/C14H14N2O4/c1-7-4-9-10(15-8(2)17)6-11(14(18)19)16-13(9)12(5-7)20-3/h4-6H,1-3H3,(H,18,19)(H,15,16,17). The van der Waals surface area contributed by atoms with Gasteiger partial charge < -0.3 is 15.2 Å². The zero-order valence-corrected chi connectivity index (χ0v) is 11.4. The Hall–Kier alpha value is -2.63. The molecule has 2 aromatic rings. The molecule has 0 fully saturated rings. The topological polar surface area (TPSA) is 88.5 Å². The lowest BCUT2D eigenvalue weighted by atomic mass is 10.1. The van der Waals surface area contributed by atoms with Gasteiger partial charge in [-0.1, -0.05) is 0 Å². The average molecular weight is 274 g/mol. The van der Waals surface area contributed by atoms with Crippen LogP contribution in [0.2, 0.25) is 0 Å². The molecule has 2 N–H and O–H groups in total. The SMILES string of the molecule is COc1cc(C)cc2c(NC(C)=O)cc(C(=O)O)nc12. The van der Waals surface area contributed by atoms with Gasteiger partial charge in [-0.15, -0.1) is 0 Å². The van der Waals surface area contributed by atoms with Crippen LogP contribution in [0.15, 0.2) is 18.2 Å². The van der Waals surface area contributed by atoms with Crippen molar-refractivity contribution in [2.45, 2.75) is 13.8 Å². The van der Waals surface area contributed by atoms with E-state index in [2.05, 4.69) is 10.3 Å². The first-order valence-electron chi connectivity index (χ1n) is 5.92. The maximum atomic E-state index is 11.3. The first-order valence-corrected chi connectivity index (χ1v) is 5.92. The molecule has 20 heavy (non-hydrogen) atoms. The predicted molar refractivity (Wildman–Crippen MR) is 74.3 cm³/mol. The minimum atomic E-state index is -1.17. The number of benzene rings is 1. The van der Waals surface area contributed by atoms with E-state index in [1.54, 1.807) is 6.07 Å². The number of methoxy groups -OCH3 is 1. The zero-order valence-electron chi connectivity index (χ0n) is 11.4. The normalized spacial score (nSPS) is 10.3. The molecule has 1 aromatic heterocycles. The van der Waals surface area contributed by atoms with Crippen molar-refractivity contribution in [3.8, 4) is 5.75 Å². The van der Waals surface area contributed by atoms with Crippen molar-refractivity contribution in [3.63, 3.8) is 0 Å². The molecule has 0 atom stereocenters. The Morgan fingerprint density at radius 1 is 1.30 bits per heavy atom. The van der Waals surface area contributed by atoms with Gasteiger partial charge in [0.25, 0.3) is 0 Å². The second-order valence-electron chi connectivity index (χ2n) is 4.40. The smallest absolute Gasteiger partial charge is 0.354 e. The Kier molecular flexibility index (Phi) is 3.56. The van der Waals surface area contributed by atoms with E-state index in [1.165, 1.54) is 20.1 Å². The van der Waals surface area contributed by atoms with Crippen molar-refractivity contribution in [3.05, 3.63) is 29.5 Å². The van der Waals surface area contributed by atoms with Gasteiger partial charge in [0.05, 0.1) is 12.8 Å². The number of aromatic nitrogens is 1. The van der Waals surface area contributed by atoms with Gasteiger partial charge in [-0.2, -0.15) is 0 Å². The van der Waals surface area contributed by atoms with Gasteiger partial charge in [0.2, 0.25) is 5.91 Å². The molecule has 0 radical (unpaired) electrons. The van der Waals surface area contributed by atoms with Gasteiger partial charge >= 0.3 is 5.97 Å². The highest BCUT2D eigenvalue weighted by Gasteiger charge is 2.15. The summed E-state index contributed by atoms with van der Waals surface area (Å²) in [7, 11) is 1.49. The zero-order chi connectivity index (χ0) is 14.9. The van der Waals surface area contributed by atoms with Gasteiger partial charge in [-0.05, 0) is 30.7 Å². The molecule has 0 saturated carbocycles. The maximum Gasteiger partial charge on any atom is 0.354 e. The van der Waals surface area contributed by atoms with Crippen LogP contribution in [0.5, 0.6) is 5.75 Å². The monoisotopic (exact) mass is 274 g/mol. The molecule has 1 aromatic carbocycles. The highest BCUT2D eigenvalue weighted by molar-refractivity contribution is 6.04. The van der Waals surface area contributed by atoms with E-state index in [1.807, 2.05) is 13.0 Å². The van der Waals surface area contributed by atoms with Crippen LogP contribution in [0.25, 0.3) is 10.9 Å². The highest BCUT2D eigenvalue weighted by atomic mass is 16.5. The third-order valence-electron chi connectivity index (χ3n) is 2.77. The van der Waals surface area contributed by atoms with Crippen molar-refractivity contribution in [1.29, 1.82) is 0 Å². The number of ether oxygens (including phenoxy) is 1. The Morgan fingerprint density at radius 2 is 2.00 bits per heavy atom. The number of nitrogens with zero attached hydrogens (tertiary/aromatic N) is 1. The van der Waals surface area contributed by atoms with Crippen LogP contribution in [-0.4, -0.2) is 29.1 Å². The molecular formula is C14H14N2O4. The molecule has 6 nitrogen and oxygen atoms in total. The predicted octanol–water partition coefficient (Wildman–Crippen LogP) is 2.21. The number of carboxylic acids is 1. The summed E-state index contributed by atoms with van der Waals surface area (Å²) in [5.41, 5.74) is 1.58. The molecule has 0 saturated heterocycles. The molecule has 2 rings (SSSR count). The molecule has 0 spiro atoms. The van der Waals surface area contributed by atoms with E-state index in [9.17, 15) is 9.59 Å². The number of amides is 1. The van der Waals surface area contributed by atoms with Crippen LogP contribution in [0.4, 0.5) is 5.69 Å². The molecule has 1 amide bonds. The third-order valence-corrected chi connectivity index (χ3v) is 2.77. The highest BCUT2D eigenvalue weighted by Crippen LogP contribution is 2.31. The number of fused-ring (bicyclic) bond motifs is 1. The van der Waals surface area contributed by atoms with Crippen LogP contribution in [-0.2, 0) is 4.79 Å². The molecule has 0 aliphatic heterocycles. The molecule has 104 valence electrons. The number of carbonyl (C=O) groups is 2. The minimum absolute atomic E-state index is 0.150. The fraction of sp³-hybridized carbons (Fsp3) is 0.214. The second-order valence-corrected chi connectivity index (χ2v) is 4.40. The Morgan fingerprint density at radius 3 is 2.55 bits per heavy atom. The average Bonchev–Trinajstić information content (AvgIpc) is 2.37. The molecule has 0 bridgehead atoms. The van der Waals surface area contributed by atoms with Crippen LogP contribution < -0.4 is 10.1 Å². The largest absolute Gasteiger partial charge is 0.494 e. The van der Waals surface area contributed by atoms with Crippen molar-refractivity contribution in [2.24, 2.45) is 0 Å². The van der Waals surface area contributed by atoms with Crippen LogP contribution in [0.1, 0.15) is 23.0 Å². The van der Waals surface area contributed by atoms with Crippen molar-refractivity contribution < 1.29 is 19.4 Å². The number of hydrogen-bond acceptors (Lipinski definition) is 4. The van der Waals surface area contributed by atoms with E-state index in [0.717, 1.165) is 5.56 Å². The summed E-state index contributed by atoms with van der Waals surface area (Å²) in [6, 6.07) is 4.92. The Balaban J connectivity index is 2.83. The molecule has 1 heterocycles. The summed E-state index contributed by atoms with van der Waals surface area (Å²) < 4.78 is 5.23. The maximum absolute atomic E-state index is 11.3. The number of pyridine rings is 1. The number of aryl methyl sites for hydroxylation is 1. The van der Waals surface area contributed by atoms with Gasteiger partial charge in [0.1, 0.15) is 11.3 Å². The van der Waals surface area contributed by atoms with E-state index in [0.29, 0.717) is 22.3 Å². The molecule has 6 heteroatoms. The van der Waals surface area contributed by atoms with E-state index in [4.69, 9.17) is 9.84 Å². The lowest BCUT2D eigenvalue weighted by molar-refractivity contribution is -0.114. The second kappa shape index (κ2) is 5.16. The summed E-state index contributed by atoms with van der Waals surface area (Å²) in [4.78, 5) is 26.5. The number of aromatic carboxylic acids is 1. The van der Waals surface area contributed by atoms with Gasteiger partial charge in [-0.3, -0.25) is 4.79 Å². The van der Waals surface area contributed by atoms with E-state index >= 15 is 0 Å². The van der Waals surface area contributed by atoms with Crippen LogP contribution in [0, 0.1) is 6.92 Å². The summed E-state index contributed by atoms with van der Waals surface area (Å²) >= 11 is 0. The first kappa shape index (κ1) is 13.8.